The van der Waals surface area contributed by atoms with Crippen molar-refractivity contribution in [2.45, 2.75) is 39.0 Å². The smallest absolute Gasteiger partial charge is 0.0136 e. The maximum absolute atomic E-state index is 2.42. The monoisotopic (exact) mass is 386 g/mol. The van der Waals surface area contributed by atoms with Crippen LogP contribution in [0.3, 0.4) is 0 Å². The van der Waals surface area contributed by atoms with Gasteiger partial charge >= 0.3 is 0 Å². The summed E-state index contributed by atoms with van der Waals surface area (Å²) in [6.45, 7) is 2.30. The van der Waals surface area contributed by atoms with Crippen LogP contribution in [0, 0.1) is 14.0 Å². The first-order valence-electron chi connectivity index (χ1n) is 7.91. The average Bonchev–Trinajstić information content (AvgIpc) is 2.53. The number of hydrogen-bond donors (Lipinski definition) is 0. The van der Waals surface area contributed by atoms with E-state index in [2.05, 4.69) is 65.9 Å². The largest absolute Gasteiger partial charge is 0.0722 e. The SMILES string of the molecule is CCC1=c2ccc3c(c2CCC1)CC=c1cc(I)ccc1=3. The van der Waals surface area contributed by atoms with Crippen LogP contribution in [0.15, 0.2) is 30.3 Å². The Bertz CT molecular complexity index is 935. The zero-order valence-electron chi connectivity index (χ0n) is 12.4. The summed E-state index contributed by atoms with van der Waals surface area (Å²) in [5.74, 6) is 0. The summed E-state index contributed by atoms with van der Waals surface area (Å²) in [7, 11) is 0. The molecule has 0 fully saturated rings. The number of rotatable bonds is 1. The summed E-state index contributed by atoms with van der Waals surface area (Å²) in [6.07, 6.45) is 8.59. The zero-order valence-corrected chi connectivity index (χ0v) is 14.5. The Morgan fingerprint density at radius 3 is 2.62 bits per heavy atom. The van der Waals surface area contributed by atoms with E-state index < -0.39 is 0 Å². The fourth-order valence-electron chi connectivity index (χ4n) is 3.94. The second-order valence-corrected chi connectivity index (χ2v) is 7.31. The van der Waals surface area contributed by atoms with Gasteiger partial charge in [-0.3, -0.25) is 0 Å². The van der Waals surface area contributed by atoms with Crippen molar-refractivity contribution in [1.29, 1.82) is 0 Å². The van der Waals surface area contributed by atoms with E-state index in [1.807, 2.05) is 0 Å². The molecule has 106 valence electrons. The summed E-state index contributed by atoms with van der Waals surface area (Å²) in [5, 5.41) is 5.86. The molecule has 0 bridgehead atoms. The molecule has 0 unspecified atom stereocenters. The standard InChI is InChI=1S/C20H19I/c1-2-13-4-3-5-18-16(13)10-11-19-17-9-7-15(21)12-14(17)6-8-20(18)19/h6-7,9-12H,2-5,8H2,1H3. The average molecular weight is 386 g/mol. The molecule has 1 heteroatoms. The Hall–Kier alpha value is -1.09. The number of halogens is 1. The summed E-state index contributed by atoms with van der Waals surface area (Å²) in [5.41, 5.74) is 4.88. The minimum Gasteiger partial charge on any atom is -0.0722 e. The Labute approximate surface area is 139 Å². The van der Waals surface area contributed by atoms with Crippen LogP contribution in [0.25, 0.3) is 11.6 Å². The minimum atomic E-state index is 1.10. The third-order valence-electron chi connectivity index (χ3n) is 4.97. The molecule has 0 heterocycles. The predicted octanol–water partition coefficient (Wildman–Crippen LogP) is 3.81. The fraction of sp³-hybridized carbons (Fsp3) is 0.300. The molecule has 21 heavy (non-hydrogen) atoms. The normalized spacial score (nSPS) is 15.8. The highest BCUT2D eigenvalue weighted by molar-refractivity contribution is 14.1. The summed E-state index contributed by atoms with van der Waals surface area (Å²) in [4.78, 5) is 0. The summed E-state index contributed by atoms with van der Waals surface area (Å²) < 4.78 is 1.32. The van der Waals surface area contributed by atoms with Crippen molar-refractivity contribution in [2.24, 2.45) is 0 Å². The second kappa shape index (κ2) is 5.28. The Kier molecular flexibility index (Phi) is 3.41. The lowest BCUT2D eigenvalue weighted by Crippen LogP contribution is -2.22. The van der Waals surface area contributed by atoms with Crippen molar-refractivity contribution in [2.75, 3.05) is 0 Å². The van der Waals surface area contributed by atoms with Gasteiger partial charge in [0.1, 0.15) is 0 Å². The van der Waals surface area contributed by atoms with Crippen LogP contribution >= 0.6 is 22.6 Å². The Morgan fingerprint density at radius 1 is 0.952 bits per heavy atom. The van der Waals surface area contributed by atoms with Crippen LogP contribution in [0.5, 0.6) is 0 Å². The molecular weight excluding hydrogens is 367 g/mol. The summed E-state index contributed by atoms with van der Waals surface area (Å²) in [6, 6.07) is 11.6. The van der Waals surface area contributed by atoms with Crippen LogP contribution in [0.2, 0.25) is 0 Å². The van der Waals surface area contributed by atoms with E-state index in [1.54, 1.807) is 21.9 Å². The minimum absolute atomic E-state index is 1.10. The molecule has 0 saturated carbocycles. The van der Waals surface area contributed by atoms with E-state index in [9.17, 15) is 0 Å². The molecule has 0 spiro atoms. The Morgan fingerprint density at radius 2 is 1.76 bits per heavy atom. The first-order chi connectivity index (χ1) is 10.3. The predicted molar refractivity (Wildman–Crippen MR) is 97.3 cm³/mol. The fourth-order valence-corrected chi connectivity index (χ4v) is 4.45. The lowest BCUT2D eigenvalue weighted by molar-refractivity contribution is 0.791. The lowest BCUT2D eigenvalue weighted by atomic mass is 9.85. The summed E-state index contributed by atoms with van der Waals surface area (Å²) >= 11 is 2.40. The molecule has 2 aliphatic carbocycles. The van der Waals surface area contributed by atoms with E-state index in [0.717, 1.165) is 6.42 Å². The van der Waals surface area contributed by atoms with E-state index in [0.29, 0.717) is 0 Å². The van der Waals surface area contributed by atoms with Gasteiger partial charge in [0.2, 0.25) is 0 Å². The van der Waals surface area contributed by atoms with Crippen molar-refractivity contribution < 1.29 is 0 Å². The van der Waals surface area contributed by atoms with Crippen molar-refractivity contribution in [3.05, 3.63) is 65.9 Å². The maximum atomic E-state index is 2.42. The zero-order chi connectivity index (χ0) is 14.4. The van der Waals surface area contributed by atoms with E-state index in [-0.39, 0.29) is 0 Å². The van der Waals surface area contributed by atoms with Gasteiger partial charge in [-0.15, -0.1) is 0 Å². The van der Waals surface area contributed by atoms with Crippen molar-refractivity contribution in [1.82, 2.24) is 0 Å². The van der Waals surface area contributed by atoms with Gasteiger partial charge in [0.05, 0.1) is 0 Å². The first-order valence-corrected chi connectivity index (χ1v) is 8.98. The van der Waals surface area contributed by atoms with Crippen LogP contribution in [-0.2, 0) is 12.8 Å². The molecule has 0 saturated heterocycles. The highest BCUT2D eigenvalue weighted by atomic mass is 127. The van der Waals surface area contributed by atoms with Crippen molar-refractivity contribution in [3.63, 3.8) is 0 Å². The van der Waals surface area contributed by atoms with Crippen molar-refractivity contribution in [3.8, 4) is 0 Å². The van der Waals surface area contributed by atoms with Gasteiger partial charge in [-0.05, 0) is 98.8 Å². The van der Waals surface area contributed by atoms with E-state index in [1.165, 1.54) is 44.9 Å². The first kappa shape index (κ1) is 13.6. The van der Waals surface area contributed by atoms with Crippen LogP contribution in [-0.4, -0.2) is 0 Å². The number of fused-ring (bicyclic) bond motifs is 4. The van der Waals surface area contributed by atoms with Gasteiger partial charge in [0.25, 0.3) is 0 Å². The lowest BCUT2D eigenvalue weighted by Gasteiger charge is -2.20. The molecule has 0 aromatic heterocycles. The highest BCUT2D eigenvalue weighted by Crippen LogP contribution is 2.22. The third-order valence-corrected chi connectivity index (χ3v) is 5.65. The van der Waals surface area contributed by atoms with Crippen LogP contribution in [0.1, 0.15) is 37.3 Å². The van der Waals surface area contributed by atoms with Gasteiger partial charge in [-0.25, -0.2) is 0 Å². The highest BCUT2D eigenvalue weighted by Gasteiger charge is 2.14. The van der Waals surface area contributed by atoms with Crippen LogP contribution < -0.4 is 10.4 Å². The third kappa shape index (κ3) is 2.17. The van der Waals surface area contributed by atoms with Crippen molar-refractivity contribution >= 4 is 34.2 Å². The Balaban J connectivity index is 2.17. The van der Waals surface area contributed by atoms with Gasteiger partial charge in [0.15, 0.2) is 0 Å². The van der Waals surface area contributed by atoms with E-state index >= 15 is 0 Å². The molecule has 4 rings (SSSR count). The molecule has 2 aromatic carbocycles. The van der Waals surface area contributed by atoms with Gasteiger partial charge in [0, 0.05) is 3.57 Å². The second-order valence-electron chi connectivity index (χ2n) is 6.07. The molecule has 0 nitrogen and oxygen atoms in total. The molecule has 0 N–H and O–H groups in total. The molecule has 0 atom stereocenters. The maximum Gasteiger partial charge on any atom is 0.0136 e. The van der Waals surface area contributed by atoms with E-state index in [4.69, 9.17) is 0 Å². The van der Waals surface area contributed by atoms with Gasteiger partial charge in [-0.2, -0.15) is 0 Å². The molecule has 0 aliphatic heterocycles. The topological polar surface area (TPSA) is 0 Å². The number of benzene rings is 2. The van der Waals surface area contributed by atoms with Gasteiger partial charge in [-0.1, -0.05) is 36.8 Å². The molecule has 0 radical (unpaired) electrons. The quantitative estimate of drug-likeness (QED) is 0.654. The molecule has 2 aliphatic rings. The molecule has 0 amide bonds. The molecule has 2 aromatic rings. The van der Waals surface area contributed by atoms with Gasteiger partial charge < -0.3 is 0 Å². The number of hydrogen-bond acceptors (Lipinski definition) is 0. The molecular formula is C20H19I. The van der Waals surface area contributed by atoms with Crippen LogP contribution in [0.4, 0.5) is 0 Å².